The molecule has 1 heterocycles. The number of nitrogens with zero attached hydrogens (tertiary/aromatic N) is 2. The van der Waals surface area contributed by atoms with E-state index in [0.29, 0.717) is 22.3 Å². The third-order valence-corrected chi connectivity index (χ3v) is 4.84. The first-order valence-electron chi connectivity index (χ1n) is 9.12. The van der Waals surface area contributed by atoms with Gasteiger partial charge >= 0.3 is 0 Å². The van der Waals surface area contributed by atoms with Crippen LogP contribution in [0.3, 0.4) is 0 Å². The lowest BCUT2D eigenvalue weighted by atomic mass is 9.97. The van der Waals surface area contributed by atoms with Gasteiger partial charge in [0.2, 0.25) is 0 Å². The molecule has 6 nitrogen and oxygen atoms in total. The zero-order valence-electron chi connectivity index (χ0n) is 15.7. The van der Waals surface area contributed by atoms with Gasteiger partial charge in [0.25, 0.3) is 0 Å². The first-order chi connectivity index (χ1) is 13.2. The van der Waals surface area contributed by atoms with Crippen LogP contribution in [0, 0.1) is 0 Å². The van der Waals surface area contributed by atoms with Crippen LogP contribution in [0.2, 0.25) is 5.02 Å². The second kappa shape index (κ2) is 9.46. The van der Waals surface area contributed by atoms with Gasteiger partial charge in [-0.3, -0.25) is 0 Å². The molecule has 0 unspecified atom stereocenters. The molecule has 2 aromatic rings. The van der Waals surface area contributed by atoms with E-state index in [1.165, 1.54) is 32.0 Å². The molecule has 3 rings (SSSR count). The summed E-state index contributed by atoms with van der Waals surface area (Å²) >= 11 is 6.16. The van der Waals surface area contributed by atoms with E-state index >= 15 is 0 Å². The van der Waals surface area contributed by atoms with Crippen LogP contribution in [0.15, 0.2) is 36.2 Å². The van der Waals surface area contributed by atoms with Gasteiger partial charge in [0.15, 0.2) is 0 Å². The Kier molecular flexibility index (Phi) is 6.76. The summed E-state index contributed by atoms with van der Waals surface area (Å²) < 4.78 is 10.7. The molecule has 0 spiro atoms. The number of anilines is 3. The van der Waals surface area contributed by atoms with Crippen molar-refractivity contribution in [3.63, 3.8) is 0 Å². The Morgan fingerprint density at radius 1 is 1.04 bits per heavy atom. The number of ether oxygens (including phenoxy) is 2. The Hall–Kier alpha value is -2.47. The molecule has 0 bridgehead atoms. The highest BCUT2D eigenvalue weighted by atomic mass is 35.5. The largest absolute Gasteiger partial charge is 0.495 e. The van der Waals surface area contributed by atoms with Crippen molar-refractivity contribution in [2.75, 3.05) is 31.4 Å². The molecule has 0 radical (unpaired) electrons. The second-order valence-electron chi connectivity index (χ2n) is 6.39. The van der Waals surface area contributed by atoms with Gasteiger partial charge < -0.3 is 20.1 Å². The van der Waals surface area contributed by atoms with Gasteiger partial charge in [-0.15, -0.1) is 0 Å². The second-order valence-corrected chi connectivity index (χ2v) is 6.79. The van der Waals surface area contributed by atoms with E-state index in [1.807, 2.05) is 6.07 Å². The summed E-state index contributed by atoms with van der Waals surface area (Å²) in [4.78, 5) is 8.58. The van der Waals surface area contributed by atoms with Crippen molar-refractivity contribution in [2.24, 2.45) is 0 Å². The summed E-state index contributed by atoms with van der Waals surface area (Å²) in [7, 11) is 3.17. The fourth-order valence-corrected chi connectivity index (χ4v) is 3.33. The fourth-order valence-electron chi connectivity index (χ4n) is 3.10. The Morgan fingerprint density at radius 2 is 1.85 bits per heavy atom. The number of nitrogens with one attached hydrogen (secondary N) is 2. The maximum absolute atomic E-state index is 6.16. The third-order valence-electron chi connectivity index (χ3n) is 4.54. The molecule has 0 fully saturated rings. The summed E-state index contributed by atoms with van der Waals surface area (Å²) in [6, 6.07) is 5.36. The van der Waals surface area contributed by atoms with Gasteiger partial charge in [-0.1, -0.05) is 23.3 Å². The van der Waals surface area contributed by atoms with Crippen LogP contribution in [0.5, 0.6) is 11.5 Å². The van der Waals surface area contributed by atoms with E-state index in [0.717, 1.165) is 24.5 Å². The maximum atomic E-state index is 6.16. The van der Waals surface area contributed by atoms with Crippen LogP contribution in [-0.2, 0) is 0 Å². The third kappa shape index (κ3) is 5.26. The van der Waals surface area contributed by atoms with Crippen molar-refractivity contribution >= 4 is 28.9 Å². The van der Waals surface area contributed by atoms with Crippen molar-refractivity contribution in [1.29, 1.82) is 0 Å². The van der Waals surface area contributed by atoms with Gasteiger partial charge in [-0.2, -0.15) is 0 Å². The molecule has 1 aromatic heterocycles. The number of benzene rings is 1. The van der Waals surface area contributed by atoms with E-state index in [4.69, 9.17) is 21.1 Å². The molecule has 144 valence electrons. The Bertz CT molecular complexity index is 811. The molecule has 0 atom stereocenters. The van der Waals surface area contributed by atoms with E-state index in [9.17, 15) is 0 Å². The molecule has 27 heavy (non-hydrogen) atoms. The lowest BCUT2D eigenvalue weighted by Gasteiger charge is -2.15. The average Bonchev–Trinajstić information content (AvgIpc) is 2.70. The lowest BCUT2D eigenvalue weighted by molar-refractivity contribution is 0.405. The van der Waals surface area contributed by atoms with Crippen molar-refractivity contribution < 1.29 is 9.47 Å². The first kappa shape index (κ1) is 19.3. The van der Waals surface area contributed by atoms with Crippen molar-refractivity contribution in [3.05, 3.63) is 41.2 Å². The topological polar surface area (TPSA) is 68.3 Å². The minimum absolute atomic E-state index is 0.488. The summed E-state index contributed by atoms with van der Waals surface area (Å²) in [5.74, 6) is 2.61. The van der Waals surface area contributed by atoms with Crippen LogP contribution in [-0.4, -0.2) is 30.7 Å². The highest BCUT2D eigenvalue weighted by Gasteiger charge is 2.11. The zero-order valence-corrected chi connectivity index (χ0v) is 16.5. The summed E-state index contributed by atoms with van der Waals surface area (Å²) in [5.41, 5.74) is 2.26. The Balaban J connectivity index is 1.66. The molecule has 1 aliphatic rings. The van der Waals surface area contributed by atoms with E-state index in [1.54, 1.807) is 31.9 Å². The van der Waals surface area contributed by atoms with Crippen LogP contribution >= 0.6 is 11.6 Å². The minimum atomic E-state index is 0.488. The Labute approximate surface area is 165 Å². The van der Waals surface area contributed by atoms with Crippen molar-refractivity contribution in [2.45, 2.75) is 32.1 Å². The predicted octanol–water partition coefficient (Wildman–Crippen LogP) is 5.19. The number of aromatic nitrogens is 2. The van der Waals surface area contributed by atoms with Gasteiger partial charge in [0.05, 0.1) is 24.9 Å². The predicted molar refractivity (Wildman–Crippen MR) is 110 cm³/mol. The molecule has 7 heteroatoms. The molecule has 0 saturated carbocycles. The van der Waals surface area contributed by atoms with Crippen molar-refractivity contribution in [1.82, 2.24) is 9.97 Å². The number of allylic oxidation sites excluding steroid dienone is 1. The number of rotatable bonds is 8. The highest BCUT2D eigenvalue weighted by molar-refractivity contribution is 6.32. The van der Waals surface area contributed by atoms with Crippen molar-refractivity contribution in [3.8, 4) is 11.5 Å². The molecular formula is C20H25ClN4O2. The molecule has 2 N–H and O–H groups in total. The Morgan fingerprint density at radius 3 is 2.59 bits per heavy atom. The summed E-state index contributed by atoms with van der Waals surface area (Å²) in [6.45, 7) is 0.861. The summed E-state index contributed by atoms with van der Waals surface area (Å²) in [5, 5.41) is 7.10. The maximum Gasteiger partial charge on any atom is 0.144 e. The van der Waals surface area contributed by atoms with Crippen LogP contribution in [0.25, 0.3) is 0 Å². The molecular weight excluding hydrogens is 364 g/mol. The first-order valence-corrected chi connectivity index (χ1v) is 9.49. The number of halogens is 1. The quantitative estimate of drug-likeness (QED) is 0.606. The average molecular weight is 389 g/mol. The molecule has 1 aromatic carbocycles. The fraction of sp³-hybridized carbons (Fsp3) is 0.400. The molecule has 0 aliphatic heterocycles. The molecule has 0 saturated heterocycles. The monoisotopic (exact) mass is 388 g/mol. The van der Waals surface area contributed by atoms with Crippen LogP contribution in [0.4, 0.5) is 17.3 Å². The zero-order chi connectivity index (χ0) is 19.1. The highest BCUT2D eigenvalue weighted by Crippen LogP contribution is 2.37. The summed E-state index contributed by atoms with van der Waals surface area (Å²) in [6.07, 6.45) is 10.0. The number of hydrogen-bond donors (Lipinski definition) is 2. The van der Waals surface area contributed by atoms with Gasteiger partial charge in [-0.25, -0.2) is 9.97 Å². The van der Waals surface area contributed by atoms with E-state index in [2.05, 4.69) is 26.7 Å². The van der Waals surface area contributed by atoms with Crippen LogP contribution < -0.4 is 20.1 Å². The van der Waals surface area contributed by atoms with Gasteiger partial charge in [-0.05, 0) is 32.1 Å². The number of methoxy groups -OCH3 is 2. The molecule has 1 aliphatic carbocycles. The minimum Gasteiger partial charge on any atom is -0.495 e. The normalized spacial score (nSPS) is 13.7. The smallest absolute Gasteiger partial charge is 0.144 e. The van der Waals surface area contributed by atoms with Gasteiger partial charge in [0, 0.05) is 24.7 Å². The van der Waals surface area contributed by atoms with Crippen LogP contribution in [0.1, 0.15) is 32.1 Å². The SMILES string of the molecule is COc1cc(Nc2cc(NCCC3=CCCCC3)ncn2)c(OC)cc1Cl. The van der Waals surface area contributed by atoms with E-state index in [-0.39, 0.29) is 0 Å². The lowest BCUT2D eigenvalue weighted by Crippen LogP contribution is -2.07. The van der Waals surface area contributed by atoms with Gasteiger partial charge in [0.1, 0.15) is 29.5 Å². The molecule has 0 amide bonds. The standard InChI is InChI=1S/C20H25ClN4O2/c1-26-17-11-16(18(27-2)10-15(17)21)25-20-12-19(23-13-24-20)22-9-8-14-6-4-3-5-7-14/h6,10-13H,3-5,7-9H2,1-2H3,(H2,22,23,24,25). The van der Waals surface area contributed by atoms with E-state index < -0.39 is 0 Å². The number of hydrogen-bond acceptors (Lipinski definition) is 6.